The van der Waals surface area contributed by atoms with Gasteiger partial charge in [0.15, 0.2) is 0 Å². The molecule has 3 aromatic rings. The Labute approximate surface area is 158 Å². The summed E-state index contributed by atoms with van der Waals surface area (Å²) in [5.74, 6) is 1.13. The second kappa shape index (κ2) is 7.84. The van der Waals surface area contributed by atoms with E-state index in [9.17, 15) is 4.39 Å². The molecule has 6 nitrogen and oxygen atoms in total. The van der Waals surface area contributed by atoms with Gasteiger partial charge in [-0.25, -0.2) is 19.3 Å². The van der Waals surface area contributed by atoms with Crippen molar-refractivity contribution in [2.75, 3.05) is 12.4 Å². The van der Waals surface area contributed by atoms with Crippen LogP contribution >= 0.6 is 0 Å². The highest BCUT2D eigenvalue weighted by Gasteiger charge is 2.19. The summed E-state index contributed by atoms with van der Waals surface area (Å²) < 4.78 is 21.3. The fraction of sp³-hybridized carbons (Fsp3) is 0.350. The third-order valence-electron chi connectivity index (χ3n) is 4.01. The van der Waals surface area contributed by atoms with Gasteiger partial charge in [-0.1, -0.05) is 26.8 Å². The summed E-state index contributed by atoms with van der Waals surface area (Å²) in [7, 11) is 1.64. The molecule has 0 unspecified atom stereocenters. The standard InChI is InChI=1S/C20H24FN5O/c1-20(2,3)19-24-15(12-27-4)10-18(25-19)23-11-14-5-6-17(16(21)9-14)26-8-7-22-13-26/h5-10,13H,11-12H2,1-4H3,(H,23,24,25). The SMILES string of the molecule is COCc1cc(NCc2ccc(-n3ccnc3)c(F)c2)nc(C(C)(C)C)n1. The maximum Gasteiger partial charge on any atom is 0.147 e. The second-order valence-corrected chi connectivity index (χ2v) is 7.36. The molecule has 27 heavy (non-hydrogen) atoms. The molecule has 0 saturated carbocycles. The first-order valence-electron chi connectivity index (χ1n) is 8.75. The predicted octanol–water partition coefficient (Wildman–Crippen LogP) is 3.86. The fourth-order valence-electron chi connectivity index (χ4n) is 2.61. The highest BCUT2D eigenvalue weighted by molar-refractivity contribution is 5.41. The summed E-state index contributed by atoms with van der Waals surface area (Å²) in [6.07, 6.45) is 4.90. The Morgan fingerprint density at radius 3 is 2.63 bits per heavy atom. The number of hydrogen-bond donors (Lipinski definition) is 1. The van der Waals surface area contributed by atoms with Gasteiger partial charge in [0.1, 0.15) is 17.5 Å². The smallest absolute Gasteiger partial charge is 0.147 e. The maximum atomic E-state index is 14.4. The van der Waals surface area contributed by atoms with Crippen molar-refractivity contribution in [1.82, 2.24) is 19.5 Å². The number of halogens is 1. The Kier molecular flexibility index (Phi) is 5.51. The van der Waals surface area contributed by atoms with E-state index >= 15 is 0 Å². The van der Waals surface area contributed by atoms with E-state index in [-0.39, 0.29) is 11.2 Å². The zero-order valence-corrected chi connectivity index (χ0v) is 16.0. The lowest BCUT2D eigenvalue weighted by Crippen LogP contribution is -2.18. The Morgan fingerprint density at radius 1 is 1.19 bits per heavy atom. The zero-order chi connectivity index (χ0) is 19.4. The van der Waals surface area contributed by atoms with Crippen molar-refractivity contribution in [1.29, 1.82) is 0 Å². The van der Waals surface area contributed by atoms with Crippen LogP contribution in [0, 0.1) is 5.82 Å². The summed E-state index contributed by atoms with van der Waals surface area (Å²) in [6.45, 7) is 7.05. The van der Waals surface area contributed by atoms with E-state index in [0.717, 1.165) is 17.1 Å². The van der Waals surface area contributed by atoms with Crippen molar-refractivity contribution < 1.29 is 9.13 Å². The average molecular weight is 369 g/mol. The van der Waals surface area contributed by atoms with Crippen LogP contribution in [-0.4, -0.2) is 26.6 Å². The van der Waals surface area contributed by atoms with Crippen molar-refractivity contribution in [3.8, 4) is 5.69 Å². The summed E-state index contributed by atoms with van der Waals surface area (Å²) in [5.41, 5.74) is 1.91. The average Bonchev–Trinajstić information content (AvgIpc) is 3.14. The highest BCUT2D eigenvalue weighted by Crippen LogP contribution is 2.21. The van der Waals surface area contributed by atoms with Crippen molar-refractivity contribution in [3.63, 3.8) is 0 Å². The van der Waals surface area contributed by atoms with E-state index < -0.39 is 0 Å². The van der Waals surface area contributed by atoms with Crippen LogP contribution in [0.5, 0.6) is 0 Å². The molecule has 0 spiro atoms. The van der Waals surface area contributed by atoms with Crippen LogP contribution in [0.15, 0.2) is 43.0 Å². The predicted molar refractivity (Wildman–Crippen MR) is 102 cm³/mol. The number of nitrogens with zero attached hydrogens (tertiary/aromatic N) is 4. The highest BCUT2D eigenvalue weighted by atomic mass is 19.1. The van der Waals surface area contributed by atoms with Crippen molar-refractivity contribution in [3.05, 3.63) is 65.9 Å². The molecule has 0 aliphatic heterocycles. The van der Waals surface area contributed by atoms with Gasteiger partial charge >= 0.3 is 0 Å². The van der Waals surface area contributed by atoms with Crippen LogP contribution in [0.3, 0.4) is 0 Å². The van der Waals surface area contributed by atoms with Crippen LogP contribution in [0.2, 0.25) is 0 Å². The van der Waals surface area contributed by atoms with Crippen molar-refractivity contribution >= 4 is 5.82 Å². The van der Waals surface area contributed by atoms with Crippen LogP contribution in [0.1, 0.15) is 37.9 Å². The molecule has 0 bridgehead atoms. The van der Waals surface area contributed by atoms with Crippen LogP contribution in [0.25, 0.3) is 5.69 Å². The molecule has 2 aromatic heterocycles. The second-order valence-electron chi connectivity index (χ2n) is 7.36. The lowest BCUT2D eigenvalue weighted by Gasteiger charge is -2.19. The van der Waals surface area contributed by atoms with Gasteiger partial charge in [0.2, 0.25) is 0 Å². The number of rotatable bonds is 6. The lowest BCUT2D eigenvalue weighted by atomic mass is 9.95. The molecule has 0 aliphatic rings. The normalized spacial score (nSPS) is 11.6. The zero-order valence-electron chi connectivity index (χ0n) is 16.0. The number of benzene rings is 1. The van der Waals surface area contributed by atoms with Crippen LogP contribution < -0.4 is 5.32 Å². The first-order chi connectivity index (χ1) is 12.9. The summed E-state index contributed by atoms with van der Waals surface area (Å²) in [4.78, 5) is 13.1. The molecule has 2 heterocycles. The maximum absolute atomic E-state index is 14.4. The summed E-state index contributed by atoms with van der Waals surface area (Å²) in [5, 5.41) is 3.26. The molecule has 0 radical (unpaired) electrons. The molecular weight excluding hydrogens is 345 g/mol. The molecule has 7 heteroatoms. The van der Waals surface area contributed by atoms with Crippen molar-refractivity contribution in [2.24, 2.45) is 0 Å². The quantitative estimate of drug-likeness (QED) is 0.715. The van der Waals surface area contributed by atoms with Gasteiger partial charge < -0.3 is 14.6 Å². The van der Waals surface area contributed by atoms with Gasteiger partial charge in [0.25, 0.3) is 0 Å². The van der Waals surface area contributed by atoms with Crippen molar-refractivity contribution in [2.45, 2.75) is 39.3 Å². The summed E-state index contributed by atoms with van der Waals surface area (Å²) in [6, 6.07) is 7.00. The molecule has 0 fully saturated rings. The number of aromatic nitrogens is 4. The number of anilines is 1. The molecule has 1 aromatic carbocycles. The Hall–Kier alpha value is -2.80. The third kappa shape index (κ3) is 4.68. The third-order valence-corrected chi connectivity index (χ3v) is 4.01. The topological polar surface area (TPSA) is 64.9 Å². The minimum atomic E-state index is -0.301. The van der Waals surface area contributed by atoms with E-state index in [1.165, 1.54) is 6.07 Å². The molecule has 3 rings (SSSR count). The van der Waals surface area contributed by atoms with E-state index in [2.05, 4.69) is 41.0 Å². The molecule has 0 saturated heterocycles. The fourth-order valence-corrected chi connectivity index (χ4v) is 2.61. The van der Waals surface area contributed by atoms with Crippen LogP contribution in [-0.2, 0) is 23.3 Å². The summed E-state index contributed by atoms with van der Waals surface area (Å²) >= 11 is 0. The monoisotopic (exact) mass is 369 g/mol. The molecule has 0 atom stereocenters. The van der Waals surface area contributed by atoms with Crippen LogP contribution in [0.4, 0.5) is 10.2 Å². The molecule has 142 valence electrons. The van der Waals surface area contributed by atoms with E-state index in [4.69, 9.17) is 4.74 Å². The van der Waals surface area contributed by atoms with E-state index in [1.807, 2.05) is 12.1 Å². The lowest BCUT2D eigenvalue weighted by molar-refractivity contribution is 0.181. The van der Waals surface area contributed by atoms with Gasteiger partial charge in [-0.15, -0.1) is 0 Å². The Balaban J connectivity index is 1.78. The van der Waals surface area contributed by atoms with E-state index in [0.29, 0.717) is 24.7 Å². The first kappa shape index (κ1) is 19.0. The van der Waals surface area contributed by atoms with Gasteiger partial charge in [-0.2, -0.15) is 0 Å². The Morgan fingerprint density at radius 2 is 2.00 bits per heavy atom. The number of ether oxygens (including phenoxy) is 1. The number of nitrogens with one attached hydrogen (secondary N) is 1. The van der Waals surface area contributed by atoms with Gasteiger partial charge in [0.05, 0.1) is 24.3 Å². The van der Waals surface area contributed by atoms with Gasteiger partial charge in [-0.3, -0.25) is 0 Å². The number of hydrogen-bond acceptors (Lipinski definition) is 5. The minimum absolute atomic E-state index is 0.182. The number of imidazole rings is 1. The minimum Gasteiger partial charge on any atom is -0.378 e. The van der Waals surface area contributed by atoms with E-state index in [1.54, 1.807) is 36.5 Å². The Bertz CT molecular complexity index is 903. The molecule has 0 amide bonds. The molecular formula is C20H24FN5O. The number of methoxy groups -OCH3 is 1. The van der Waals surface area contributed by atoms with Gasteiger partial charge in [-0.05, 0) is 17.7 Å². The largest absolute Gasteiger partial charge is 0.378 e. The van der Waals surface area contributed by atoms with Gasteiger partial charge in [0, 0.05) is 37.5 Å². The first-order valence-corrected chi connectivity index (χ1v) is 8.75. The molecule has 1 N–H and O–H groups in total. The molecule has 0 aliphatic carbocycles.